The van der Waals surface area contributed by atoms with Gasteiger partial charge in [-0.3, -0.25) is 9.69 Å². The molecule has 1 N–H and O–H groups in total. The highest BCUT2D eigenvalue weighted by Gasteiger charge is 2.31. The van der Waals surface area contributed by atoms with Gasteiger partial charge in [0.25, 0.3) is 0 Å². The van der Waals surface area contributed by atoms with Crippen LogP contribution < -0.4 is 5.48 Å². The molecule has 2 aliphatic rings. The highest BCUT2D eigenvalue weighted by Crippen LogP contribution is 2.21. The first-order valence-corrected chi connectivity index (χ1v) is 7.07. The third-order valence-corrected chi connectivity index (χ3v) is 4.04. The maximum Gasteiger partial charge on any atom is 0.219 e. The van der Waals surface area contributed by atoms with Gasteiger partial charge in [-0.05, 0) is 26.2 Å². The van der Waals surface area contributed by atoms with Crippen molar-refractivity contribution in [3.63, 3.8) is 0 Å². The zero-order valence-electron chi connectivity index (χ0n) is 12.0. The number of carbonyl (C=O) groups excluding carboxylic acids is 1. The van der Waals surface area contributed by atoms with Crippen molar-refractivity contribution in [3.05, 3.63) is 0 Å². The van der Waals surface area contributed by atoms with E-state index in [1.165, 1.54) is 0 Å². The predicted octanol–water partition coefficient (Wildman–Crippen LogP) is 0.725. The van der Waals surface area contributed by atoms with Gasteiger partial charge in [0.15, 0.2) is 0 Å². The van der Waals surface area contributed by atoms with Gasteiger partial charge in [0.05, 0.1) is 6.61 Å². The number of rotatable bonds is 4. The molecule has 2 saturated heterocycles. The van der Waals surface area contributed by atoms with Crippen LogP contribution in [-0.2, 0) is 9.63 Å². The van der Waals surface area contributed by atoms with Crippen molar-refractivity contribution in [1.82, 2.24) is 15.3 Å². The van der Waals surface area contributed by atoms with Crippen molar-refractivity contribution in [3.8, 4) is 0 Å². The van der Waals surface area contributed by atoms with E-state index in [0.717, 1.165) is 45.4 Å². The second kappa shape index (κ2) is 8.09. The van der Waals surface area contributed by atoms with Crippen LogP contribution in [0.25, 0.3) is 0 Å². The van der Waals surface area contributed by atoms with Gasteiger partial charge in [-0.25, -0.2) is 0 Å². The van der Waals surface area contributed by atoms with Crippen LogP contribution in [0.1, 0.15) is 33.1 Å². The molecular weight excluding hydrogens is 262 g/mol. The van der Waals surface area contributed by atoms with Gasteiger partial charge in [0.2, 0.25) is 5.91 Å². The van der Waals surface area contributed by atoms with Crippen molar-refractivity contribution in [2.75, 3.05) is 32.8 Å². The number of likely N-dealkylation sites (tertiary alicyclic amines) is 2. The van der Waals surface area contributed by atoms with E-state index in [2.05, 4.69) is 10.4 Å². The predicted molar refractivity (Wildman–Crippen MR) is 80.4 cm³/mol. The number of nitrogens with one attached hydrogen (secondary N) is 1. The van der Waals surface area contributed by atoms with Gasteiger partial charge in [0, 0.05) is 45.2 Å². The lowest BCUT2D eigenvalue weighted by Gasteiger charge is -2.36. The summed E-state index contributed by atoms with van der Waals surface area (Å²) >= 11 is 0. The van der Waals surface area contributed by atoms with Gasteiger partial charge in [0.1, 0.15) is 0 Å². The molecule has 0 aromatic carbocycles. The first-order valence-electron chi connectivity index (χ1n) is 7.07. The van der Waals surface area contributed by atoms with Crippen LogP contribution in [0.4, 0.5) is 0 Å². The molecule has 0 radical (unpaired) electrons. The number of piperidine rings is 1. The standard InChI is InChI=1S/C13H25N3O2.H2S/c1-3-18-14-12-4-7-16(10-12)13-5-8-15(9-6-13)11(2)17;/h12-14H,3-10H2,1-2H3;1H2. The summed E-state index contributed by atoms with van der Waals surface area (Å²) in [7, 11) is 0. The van der Waals surface area contributed by atoms with Crippen LogP contribution in [0.5, 0.6) is 0 Å². The van der Waals surface area contributed by atoms with Crippen molar-refractivity contribution in [2.45, 2.75) is 45.2 Å². The fourth-order valence-corrected chi connectivity index (χ4v) is 2.96. The summed E-state index contributed by atoms with van der Waals surface area (Å²) in [5, 5.41) is 0. The number of hydrogen-bond donors (Lipinski definition) is 1. The largest absolute Gasteiger partial charge is 0.343 e. The molecule has 2 heterocycles. The third kappa shape index (κ3) is 4.63. The smallest absolute Gasteiger partial charge is 0.219 e. The van der Waals surface area contributed by atoms with Crippen LogP contribution in [0, 0.1) is 0 Å². The number of hydrogen-bond acceptors (Lipinski definition) is 4. The third-order valence-electron chi connectivity index (χ3n) is 4.04. The van der Waals surface area contributed by atoms with E-state index >= 15 is 0 Å². The fraction of sp³-hybridized carbons (Fsp3) is 0.923. The van der Waals surface area contributed by atoms with Crippen LogP contribution in [0.15, 0.2) is 0 Å². The van der Waals surface area contributed by atoms with Gasteiger partial charge in [-0.15, -0.1) is 0 Å². The maximum atomic E-state index is 11.3. The molecule has 0 aromatic heterocycles. The van der Waals surface area contributed by atoms with Crippen molar-refractivity contribution in [2.24, 2.45) is 0 Å². The molecule has 0 bridgehead atoms. The van der Waals surface area contributed by atoms with E-state index in [4.69, 9.17) is 4.84 Å². The van der Waals surface area contributed by atoms with Gasteiger partial charge in [-0.2, -0.15) is 19.0 Å². The molecule has 1 amide bonds. The number of amides is 1. The molecule has 19 heavy (non-hydrogen) atoms. The zero-order valence-corrected chi connectivity index (χ0v) is 13.0. The molecule has 0 aromatic rings. The summed E-state index contributed by atoms with van der Waals surface area (Å²) in [6.07, 6.45) is 3.38. The minimum absolute atomic E-state index is 0. The van der Waals surface area contributed by atoms with Crippen molar-refractivity contribution >= 4 is 19.4 Å². The highest BCUT2D eigenvalue weighted by molar-refractivity contribution is 7.59. The van der Waals surface area contributed by atoms with Crippen LogP contribution in [0.3, 0.4) is 0 Å². The molecule has 0 aliphatic carbocycles. The monoisotopic (exact) mass is 289 g/mol. The summed E-state index contributed by atoms with van der Waals surface area (Å²) in [6.45, 7) is 8.43. The molecule has 2 aliphatic heterocycles. The van der Waals surface area contributed by atoms with E-state index in [9.17, 15) is 4.79 Å². The molecule has 2 rings (SSSR count). The highest BCUT2D eigenvalue weighted by atomic mass is 32.1. The Kier molecular flexibility index (Phi) is 7.13. The quantitative estimate of drug-likeness (QED) is 0.775. The van der Waals surface area contributed by atoms with Gasteiger partial charge < -0.3 is 9.74 Å². The van der Waals surface area contributed by atoms with E-state index < -0.39 is 0 Å². The van der Waals surface area contributed by atoms with E-state index in [1.807, 2.05) is 11.8 Å². The van der Waals surface area contributed by atoms with Crippen molar-refractivity contribution in [1.29, 1.82) is 0 Å². The lowest BCUT2D eigenvalue weighted by molar-refractivity contribution is -0.130. The summed E-state index contributed by atoms with van der Waals surface area (Å²) < 4.78 is 0. The minimum Gasteiger partial charge on any atom is -0.343 e. The lowest BCUT2D eigenvalue weighted by atomic mass is 10.0. The summed E-state index contributed by atoms with van der Waals surface area (Å²) in [6, 6.07) is 1.12. The van der Waals surface area contributed by atoms with E-state index in [0.29, 0.717) is 18.7 Å². The van der Waals surface area contributed by atoms with Crippen molar-refractivity contribution < 1.29 is 9.63 Å². The topological polar surface area (TPSA) is 44.8 Å². The molecule has 112 valence electrons. The molecule has 1 atom stereocenters. The van der Waals surface area contributed by atoms with E-state index in [1.54, 1.807) is 6.92 Å². The Hall–Kier alpha value is -0.300. The first-order chi connectivity index (χ1) is 8.70. The normalized spacial score (nSPS) is 25.4. The number of hydroxylamine groups is 1. The lowest BCUT2D eigenvalue weighted by Crippen LogP contribution is -2.46. The average molecular weight is 289 g/mol. The molecular formula is C13H27N3O2S. The molecule has 2 fully saturated rings. The van der Waals surface area contributed by atoms with Crippen LogP contribution >= 0.6 is 13.5 Å². The average Bonchev–Trinajstić information content (AvgIpc) is 2.85. The Morgan fingerprint density at radius 1 is 1.26 bits per heavy atom. The Morgan fingerprint density at radius 2 is 1.95 bits per heavy atom. The Bertz CT molecular complexity index is 283. The minimum atomic E-state index is 0. The van der Waals surface area contributed by atoms with E-state index in [-0.39, 0.29) is 19.4 Å². The fourth-order valence-electron chi connectivity index (χ4n) is 2.96. The molecule has 0 spiro atoms. The molecule has 0 saturated carbocycles. The van der Waals surface area contributed by atoms with Crippen LogP contribution in [0.2, 0.25) is 0 Å². The first kappa shape index (κ1) is 16.8. The second-order valence-electron chi connectivity index (χ2n) is 5.27. The summed E-state index contributed by atoms with van der Waals surface area (Å²) in [5.41, 5.74) is 3.12. The molecule has 5 nitrogen and oxygen atoms in total. The number of carbonyl (C=O) groups is 1. The number of nitrogens with zero attached hydrogens (tertiary/aromatic N) is 2. The molecule has 1 unspecified atom stereocenters. The zero-order chi connectivity index (χ0) is 13.0. The Balaban J connectivity index is 0.00000180. The molecule has 6 heteroatoms. The maximum absolute atomic E-state index is 11.3. The Morgan fingerprint density at radius 3 is 2.53 bits per heavy atom. The SMILES string of the molecule is CCONC1CCN(C2CCN(C(C)=O)CC2)C1.S. The Labute approximate surface area is 123 Å². The van der Waals surface area contributed by atoms with Crippen LogP contribution in [-0.4, -0.2) is 60.6 Å². The summed E-state index contributed by atoms with van der Waals surface area (Å²) in [4.78, 5) is 21.1. The van der Waals surface area contributed by atoms with Gasteiger partial charge in [-0.1, -0.05) is 0 Å². The summed E-state index contributed by atoms with van der Waals surface area (Å²) in [5.74, 6) is 0.214. The van der Waals surface area contributed by atoms with Gasteiger partial charge >= 0.3 is 0 Å². The second-order valence-corrected chi connectivity index (χ2v) is 5.27.